The molecule has 0 spiro atoms. The van der Waals surface area contributed by atoms with Crippen LogP contribution in [0.4, 0.5) is 11.5 Å². The molecule has 1 heterocycles. The van der Waals surface area contributed by atoms with E-state index >= 15 is 0 Å². The molecule has 0 aliphatic rings. The van der Waals surface area contributed by atoms with Gasteiger partial charge in [-0.05, 0) is 12.1 Å². The topological polar surface area (TPSA) is 111 Å². The number of carbonyl (C=O) groups is 1. The van der Waals surface area contributed by atoms with Gasteiger partial charge in [-0.3, -0.25) is 9.00 Å². The molecule has 88 valence electrons. The van der Waals surface area contributed by atoms with Crippen molar-refractivity contribution < 1.29 is 9.00 Å². The molecule has 0 radical (unpaired) electrons. The Morgan fingerprint density at radius 1 is 1.56 bits per heavy atom. The lowest BCUT2D eigenvalue weighted by molar-refractivity contribution is 0.0996. The lowest BCUT2D eigenvalue weighted by Crippen LogP contribution is -2.17. The van der Waals surface area contributed by atoms with Crippen molar-refractivity contribution >= 4 is 28.2 Å². The van der Waals surface area contributed by atoms with Crippen LogP contribution < -0.4 is 16.8 Å². The smallest absolute Gasteiger partial charge is 0.267 e. The molecule has 6 nitrogen and oxygen atoms in total. The Bertz CT molecular complexity index is 422. The Balaban J connectivity index is 2.74. The van der Waals surface area contributed by atoms with Crippen molar-refractivity contribution in [1.82, 2.24) is 4.98 Å². The van der Waals surface area contributed by atoms with Crippen LogP contribution in [0.3, 0.4) is 0 Å². The maximum absolute atomic E-state index is 10.9. The van der Waals surface area contributed by atoms with Crippen molar-refractivity contribution in [3.8, 4) is 0 Å². The van der Waals surface area contributed by atoms with Crippen LogP contribution in [0, 0.1) is 0 Å². The van der Waals surface area contributed by atoms with Gasteiger partial charge >= 0.3 is 0 Å². The number of pyridine rings is 1. The van der Waals surface area contributed by atoms with Gasteiger partial charge in [0.05, 0.1) is 5.69 Å². The second-order valence-electron chi connectivity index (χ2n) is 3.20. The number of primary amides is 1. The lowest BCUT2D eigenvalue weighted by Gasteiger charge is -2.08. The lowest BCUT2D eigenvalue weighted by atomic mass is 10.3. The van der Waals surface area contributed by atoms with Gasteiger partial charge in [0, 0.05) is 29.4 Å². The van der Waals surface area contributed by atoms with Crippen LogP contribution in [-0.4, -0.2) is 33.7 Å². The second kappa shape index (κ2) is 5.45. The van der Waals surface area contributed by atoms with Crippen molar-refractivity contribution in [2.45, 2.75) is 0 Å². The van der Waals surface area contributed by atoms with E-state index in [1.54, 1.807) is 12.3 Å². The van der Waals surface area contributed by atoms with E-state index in [2.05, 4.69) is 10.3 Å². The first-order valence-corrected chi connectivity index (χ1v) is 6.33. The average molecular weight is 242 g/mol. The number of carbonyl (C=O) groups excluding carboxylic acids is 1. The van der Waals surface area contributed by atoms with E-state index < -0.39 is 16.7 Å². The number of hydrogen-bond acceptors (Lipinski definition) is 5. The highest BCUT2D eigenvalue weighted by atomic mass is 32.2. The molecule has 7 heteroatoms. The SMILES string of the molecule is CS(=O)CCNc1nc(C(N)=O)ccc1N. The molecule has 1 unspecified atom stereocenters. The second-order valence-corrected chi connectivity index (χ2v) is 4.76. The summed E-state index contributed by atoms with van der Waals surface area (Å²) in [5.41, 5.74) is 11.3. The molecule has 0 aromatic carbocycles. The molecule has 1 aromatic heterocycles. The zero-order chi connectivity index (χ0) is 12.1. The summed E-state index contributed by atoms with van der Waals surface area (Å²) in [6, 6.07) is 3.01. The van der Waals surface area contributed by atoms with Gasteiger partial charge in [-0.25, -0.2) is 4.98 Å². The van der Waals surface area contributed by atoms with Crippen LogP contribution in [-0.2, 0) is 10.8 Å². The minimum Gasteiger partial charge on any atom is -0.396 e. The van der Waals surface area contributed by atoms with E-state index in [-0.39, 0.29) is 5.69 Å². The highest BCUT2D eigenvalue weighted by Crippen LogP contribution is 2.14. The van der Waals surface area contributed by atoms with Crippen LogP contribution in [0.2, 0.25) is 0 Å². The van der Waals surface area contributed by atoms with Crippen molar-refractivity contribution in [2.75, 3.05) is 29.6 Å². The quantitative estimate of drug-likeness (QED) is 0.647. The number of nitrogens with two attached hydrogens (primary N) is 2. The third-order valence-corrected chi connectivity index (χ3v) is 2.64. The number of amides is 1. The number of nitrogens with one attached hydrogen (secondary N) is 1. The summed E-state index contributed by atoms with van der Waals surface area (Å²) in [6.07, 6.45) is 1.61. The van der Waals surface area contributed by atoms with Crippen molar-refractivity contribution in [3.63, 3.8) is 0 Å². The molecule has 1 atom stereocenters. The fraction of sp³-hybridized carbons (Fsp3) is 0.333. The van der Waals surface area contributed by atoms with E-state index in [1.165, 1.54) is 6.07 Å². The Morgan fingerprint density at radius 3 is 2.81 bits per heavy atom. The summed E-state index contributed by atoms with van der Waals surface area (Å²) in [5, 5.41) is 2.90. The Kier molecular flexibility index (Phi) is 4.24. The number of anilines is 2. The van der Waals surface area contributed by atoms with E-state index in [9.17, 15) is 9.00 Å². The van der Waals surface area contributed by atoms with Crippen molar-refractivity contribution in [3.05, 3.63) is 17.8 Å². The fourth-order valence-electron chi connectivity index (χ4n) is 1.06. The van der Waals surface area contributed by atoms with Crippen LogP contribution >= 0.6 is 0 Å². The van der Waals surface area contributed by atoms with Gasteiger partial charge in [0.25, 0.3) is 5.91 Å². The van der Waals surface area contributed by atoms with Gasteiger partial charge in [0.1, 0.15) is 11.5 Å². The highest BCUT2D eigenvalue weighted by Gasteiger charge is 2.06. The van der Waals surface area contributed by atoms with E-state index in [0.717, 1.165) is 0 Å². The summed E-state index contributed by atoms with van der Waals surface area (Å²) >= 11 is 0. The fourth-order valence-corrected chi connectivity index (χ4v) is 1.45. The zero-order valence-electron chi connectivity index (χ0n) is 8.90. The first kappa shape index (κ1) is 12.4. The van der Waals surface area contributed by atoms with Gasteiger partial charge in [0.2, 0.25) is 0 Å². The maximum atomic E-state index is 10.9. The number of nitrogen functional groups attached to an aromatic ring is 1. The number of nitrogens with zero attached hydrogens (tertiary/aromatic N) is 1. The molecule has 0 aliphatic carbocycles. The summed E-state index contributed by atoms with van der Waals surface area (Å²) in [5.74, 6) is 0.269. The summed E-state index contributed by atoms with van der Waals surface area (Å²) < 4.78 is 10.8. The summed E-state index contributed by atoms with van der Waals surface area (Å²) in [4.78, 5) is 14.8. The monoisotopic (exact) mass is 242 g/mol. The minimum absolute atomic E-state index is 0.148. The molecule has 1 aromatic rings. The molecule has 0 fully saturated rings. The molecule has 16 heavy (non-hydrogen) atoms. The number of rotatable bonds is 5. The molecule has 0 saturated carbocycles. The first-order valence-electron chi connectivity index (χ1n) is 4.61. The zero-order valence-corrected chi connectivity index (χ0v) is 9.71. The van der Waals surface area contributed by atoms with Crippen molar-refractivity contribution in [2.24, 2.45) is 5.73 Å². The largest absolute Gasteiger partial charge is 0.396 e. The molecular formula is C9H14N4O2S. The van der Waals surface area contributed by atoms with Crippen LogP contribution in [0.25, 0.3) is 0 Å². The molecular weight excluding hydrogens is 228 g/mol. The minimum atomic E-state index is -0.883. The van der Waals surface area contributed by atoms with Gasteiger partial charge in [0.15, 0.2) is 0 Å². The van der Waals surface area contributed by atoms with Gasteiger partial charge in [-0.1, -0.05) is 0 Å². The Labute approximate surface area is 95.9 Å². The van der Waals surface area contributed by atoms with Crippen LogP contribution in [0.5, 0.6) is 0 Å². The average Bonchev–Trinajstić information content (AvgIpc) is 2.20. The van der Waals surface area contributed by atoms with Gasteiger partial charge in [-0.15, -0.1) is 0 Å². The van der Waals surface area contributed by atoms with Gasteiger partial charge in [-0.2, -0.15) is 0 Å². The Hall–Kier alpha value is -1.63. The highest BCUT2D eigenvalue weighted by molar-refractivity contribution is 7.84. The molecule has 1 rings (SSSR count). The normalized spacial score (nSPS) is 12.1. The standard InChI is InChI=1S/C9H14N4O2S/c1-16(15)5-4-12-9-6(10)2-3-7(13-9)8(11)14/h2-3H,4-5,10H2,1H3,(H2,11,14)(H,12,13). The number of aromatic nitrogens is 1. The molecule has 5 N–H and O–H groups in total. The third kappa shape index (κ3) is 3.50. The summed E-state index contributed by atoms with van der Waals surface area (Å²) in [7, 11) is -0.883. The van der Waals surface area contributed by atoms with Crippen molar-refractivity contribution in [1.29, 1.82) is 0 Å². The molecule has 1 amide bonds. The first-order chi connectivity index (χ1) is 7.50. The van der Waals surface area contributed by atoms with E-state index in [4.69, 9.17) is 11.5 Å². The molecule has 0 saturated heterocycles. The molecule has 0 bridgehead atoms. The van der Waals surface area contributed by atoms with Crippen LogP contribution in [0.15, 0.2) is 12.1 Å². The summed E-state index contributed by atoms with van der Waals surface area (Å²) in [6.45, 7) is 0.475. The Morgan fingerprint density at radius 2 is 2.25 bits per heavy atom. The molecule has 0 aliphatic heterocycles. The van der Waals surface area contributed by atoms with E-state index in [1.807, 2.05) is 0 Å². The maximum Gasteiger partial charge on any atom is 0.267 e. The third-order valence-electron chi connectivity index (χ3n) is 1.86. The predicted octanol–water partition coefficient (Wildman–Crippen LogP) is -0.447. The van der Waals surface area contributed by atoms with Gasteiger partial charge < -0.3 is 16.8 Å². The number of hydrogen-bond donors (Lipinski definition) is 3. The van der Waals surface area contributed by atoms with E-state index in [0.29, 0.717) is 23.8 Å². The van der Waals surface area contributed by atoms with Crippen LogP contribution in [0.1, 0.15) is 10.5 Å². The predicted molar refractivity (Wildman–Crippen MR) is 64.6 cm³/mol.